The predicted molar refractivity (Wildman–Crippen MR) is 70.5 cm³/mol. The molecule has 0 fully saturated rings. The van der Waals surface area contributed by atoms with Crippen LogP contribution in [0.1, 0.15) is 43.5 Å². The third-order valence-corrected chi connectivity index (χ3v) is 2.76. The van der Waals surface area contributed by atoms with E-state index in [1.165, 1.54) is 0 Å². The van der Waals surface area contributed by atoms with E-state index in [-0.39, 0.29) is 24.5 Å². The average molecular weight is 268 g/mol. The van der Waals surface area contributed by atoms with Gasteiger partial charge in [0.15, 0.2) is 5.69 Å². The van der Waals surface area contributed by atoms with Gasteiger partial charge in [0.1, 0.15) is 11.6 Å². The van der Waals surface area contributed by atoms with Gasteiger partial charge >= 0.3 is 5.97 Å². The molecule has 0 saturated heterocycles. The first-order valence-corrected chi connectivity index (χ1v) is 6.01. The molecular weight excluding hydrogens is 248 g/mol. The van der Waals surface area contributed by atoms with Crippen LogP contribution >= 0.6 is 0 Å². The van der Waals surface area contributed by atoms with E-state index in [0.29, 0.717) is 5.82 Å². The molecule has 7 nitrogen and oxygen atoms in total. The minimum absolute atomic E-state index is 0.0666. The van der Waals surface area contributed by atoms with Crippen molar-refractivity contribution in [3.8, 4) is 0 Å². The summed E-state index contributed by atoms with van der Waals surface area (Å²) in [4.78, 5) is 26.9. The molecule has 0 unspecified atom stereocenters. The highest BCUT2D eigenvalue weighted by molar-refractivity contribution is 5.92. The third kappa shape index (κ3) is 3.04. The molecule has 0 radical (unpaired) electrons. The topological polar surface area (TPSA) is 113 Å². The van der Waals surface area contributed by atoms with Gasteiger partial charge in [-0.3, -0.25) is 4.79 Å². The van der Waals surface area contributed by atoms with E-state index in [9.17, 15) is 9.59 Å². The molecule has 0 bridgehead atoms. The molecule has 4 N–H and O–H groups in total. The van der Waals surface area contributed by atoms with Gasteiger partial charge < -0.3 is 20.8 Å². The minimum atomic E-state index is -0.655. The molecule has 7 heteroatoms. The molecular formula is C12H20N4O3. The zero-order valence-corrected chi connectivity index (χ0v) is 11.7. The number of ether oxygens (including phenoxy) is 1. The van der Waals surface area contributed by atoms with Gasteiger partial charge in [-0.05, 0) is 27.7 Å². The van der Waals surface area contributed by atoms with Crippen molar-refractivity contribution >= 4 is 17.7 Å². The summed E-state index contributed by atoms with van der Waals surface area (Å²) in [5.74, 6) is -0.305. The fraction of sp³-hybridized carbons (Fsp3) is 0.583. The van der Waals surface area contributed by atoms with Crippen molar-refractivity contribution in [2.75, 3.05) is 12.3 Å². The Bertz CT molecular complexity index is 505. The van der Waals surface area contributed by atoms with E-state index in [0.717, 1.165) is 0 Å². The van der Waals surface area contributed by atoms with Gasteiger partial charge in [0.2, 0.25) is 5.91 Å². The minimum Gasteiger partial charge on any atom is -0.461 e. The van der Waals surface area contributed by atoms with Gasteiger partial charge in [-0.2, -0.15) is 0 Å². The number of carbonyl (C=O) groups is 2. The molecule has 19 heavy (non-hydrogen) atoms. The second kappa shape index (κ2) is 5.29. The Morgan fingerprint density at radius 3 is 2.47 bits per heavy atom. The van der Waals surface area contributed by atoms with Gasteiger partial charge in [-0.15, -0.1) is 0 Å². The molecule has 0 saturated carbocycles. The quantitative estimate of drug-likeness (QED) is 0.757. The second-order valence-corrected chi connectivity index (χ2v) is 4.90. The van der Waals surface area contributed by atoms with E-state index >= 15 is 0 Å². The van der Waals surface area contributed by atoms with Crippen LogP contribution in [0.25, 0.3) is 0 Å². The van der Waals surface area contributed by atoms with Crippen LogP contribution in [0.2, 0.25) is 0 Å². The maximum atomic E-state index is 11.7. The number of esters is 1. The highest BCUT2D eigenvalue weighted by atomic mass is 16.5. The summed E-state index contributed by atoms with van der Waals surface area (Å²) in [5, 5.41) is 0. The monoisotopic (exact) mass is 268 g/mol. The SMILES string of the molecule is CCOC(=O)c1nc(C)n(C(C)(C)CC(N)=O)c1N. The van der Waals surface area contributed by atoms with Crippen LogP contribution in [0.5, 0.6) is 0 Å². The van der Waals surface area contributed by atoms with Crippen LogP contribution in [0, 0.1) is 6.92 Å². The van der Waals surface area contributed by atoms with E-state index < -0.39 is 17.4 Å². The molecule has 1 rings (SSSR count). The highest BCUT2D eigenvalue weighted by Gasteiger charge is 2.30. The maximum absolute atomic E-state index is 11.7. The van der Waals surface area contributed by atoms with E-state index in [2.05, 4.69) is 4.98 Å². The molecule has 0 aliphatic rings. The lowest BCUT2D eigenvalue weighted by Crippen LogP contribution is -2.34. The number of imidazole rings is 1. The molecule has 1 aromatic heterocycles. The van der Waals surface area contributed by atoms with Crippen molar-refractivity contribution in [2.24, 2.45) is 5.73 Å². The van der Waals surface area contributed by atoms with Crippen LogP contribution < -0.4 is 11.5 Å². The molecule has 0 aliphatic heterocycles. The molecule has 1 aromatic rings. The molecule has 0 aliphatic carbocycles. The lowest BCUT2D eigenvalue weighted by atomic mass is 9.99. The Morgan fingerprint density at radius 2 is 2.00 bits per heavy atom. The molecule has 106 valence electrons. The number of rotatable bonds is 5. The number of amides is 1. The van der Waals surface area contributed by atoms with Crippen LogP contribution in [-0.2, 0) is 15.1 Å². The van der Waals surface area contributed by atoms with Gasteiger partial charge in [0.05, 0.1) is 12.1 Å². The summed E-state index contributed by atoms with van der Waals surface area (Å²) in [5.41, 5.74) is 10.6. The van der Waals surface area contributed by atoms with Crippen LogP contribution in [0.3, 0.4) is 0 Å². The molecule has 1 heterocycles. The third-order valence-electron chi connectivity index (χ3n) is 2.76. The number of nitrogens with zero attached hydrogens (tertiary/aromatic N) is 2. The summed E-state index contributed by atoms with van der Waals surface area (Å²) in [7, 11) is 0. The number of anilines is 1. The first-order valence-electron chi connectivity index (χ1n) is 6.01. The lowest BCUT2D eigenvalue weighted by Gasteiger charge is -2.27. The number of nitrogens with two attached hydrogens (primary N) is 2. The van der Waals surface area contributed by atoms with E-state index in [4.69, 9.17) is 16.2 Å². The van der Waals surface area contributed by atoms with E-state index in [1.807, 2.05) is 0 Å². The number of hydrogen-bond acceptors (Lipinski definition) is 5. The average Bonchev–Trinajstić information content (AvgIpc) is 2.53. The van der Waals surface area contributed by atoms with Crippen molar-refractivity contribution in [1.29, 1.82) is 0 Å². The van der Waals surface area contributed by atoms with Gasteiger partial charge in [-0.25, -0.2) is 9.78 Å². The van der Waals surface area contributed by atoms with Crippen molar-refractivity contribution < 1.29 is 14.3 Å². The first-order chi connectivity index (χ1) is 8.70. The fourth-order valence-corrected chi connectivity index (χ4v) is 2.17. The lowest BCUT2D eigenvalue weighted by molar-refractivity contribution is -0.119. The normalized spacial score (nSPS) is 11.4. The highest BCUT2D eigenvalue weighted by Crippen LogP contribution is 2.27. The Morgan fingerprint density at radius 1 is 1.42 bits per heavy atom. The number of aromatic nitrogens is 2. The summed E-state index contributed by atoms with van der Waals surface area (Å²) in [6, 6.07) is 0. The summed E-state index contributed by atoms with van der Waals surface area (Å²) in [6.45, 7) is 7.27. The van der Waals surface area contributed by atoms with Gasteiger partial charge in [0, 0.05) is 6.42 Å². The van der Waals surface area contributed by atoms with Crippen molar-refractivity contribution in [3.63, 3.8) is 0 Å². The van der Waals surface area contributed by atoms with Crippen molar-refractivity contribution in [2.45, 2.75) is 39.7 Å². The van der Waals surface area contributed by atoms with Gasteiger partial charge in [-0.1, -0.05) is 0 Å². The largest absolute Gasteiger partial charge is 0.461 e. The molecule has 0 spiro atoms. The van der Waals surface area contributed by atoms with Crippen LogP contribution in [0.15, 0.2) is 0 Å². The summed E-state index contributed by atoms with van der Waals surface area (Å²) < 4.78 is 6.51. The zero-order chi connectivity index (χ0) is 14.8. The smallest absolute Gasteiger partial charge is 0.360 e. The van der Waals surface area contributed by atoms with Crippen molar-refractivity contribution in [1.82, 2.24) is 9.55 Å². The standard InChI is InChI=1S/C12H20N4O3/c1-5-19-11(18)9-10(14)16(7(2)15-9)12(3,4)6-8(13)17/h5-6,14H2,1-4H3,(H2,13,17). The van der Waals surface area contributed by atoms with Crippen LogP contribution in [0.4, 0.5) is 5.82 Å². The number of hydrogen-bond donors (Lipinski definition) is 2. The Hall–Kier alpha value is -2.05. The number of aryl methyl sites for hydroxylation is 1. The Labute approximate surface area is 111 Å². The first kappa shape index (κ1) is 15.0. The second-order valence-electron chi connectivity index (χ2n) is 4.90. The maximum Gasteiger partial charge on any atom is 0.360 e. The zero-order valence-electron chi connectivity index (χ0n) is 11.7. The molecule has 0 atom stereocenters. The summed E-state index contributed by atoms with van der Waals surface area (Å²) in [6.07, 6.45) is 0.0939. The van der Waals surface area contributed by atoms with Gasteiger partial charge in [0.25, 0.3) is 0 Å². The van der Waals surface area contributed by atoms with E-state index in [1.54, 1.807) is 32.3 Å². The van der Waals surface area contributed by atoms with Crippen LogP contribution in [-0.4, -0.2) is 28.0 Å². The number of primary amides is 1. The molecule has 1 amide bonds. The van der Waals surface area contributed by atoms with Crippen molar-refractivity contribution in [3.05, 3.63) is 11.5 Å². The summed E-state index contributed by atoms with van der Waals surface area (Å²) >= 11 is 0. The Kier molecular flexibility index (Phi) is 4.18. The predicted octanol–water partition coefficient (Wildman–Crippen LogP) is 0.561. The number of nitrogen functional groups attached to an aromatic ring is 1. The molecule has 0 aromatic carbocycles. The fourth-order valence-electron chi connectivity index (χ4n) is 2.17. The Balaban J connectivity index is 3.23. The number of carbonyl (C=O) groups excluding carboxylic acids is 2.